The Labute approximate surface area is 142 Å². The number of thiophene rings is 1. The molecule has 1 amide bonds. The molecule has 0 spiro atoms. The van der Waals surface area contributed by atoms with E-state index in [9.17, 15) is 9.90 Å². The molecule has 0 radical (unpaired) electrons. The lowest BCUT2D eigenvalue weighted by Gasteiger charge is -2.06. The average Bonchev–Trinajstić information content (AvgIpc) is 2.98. The van der Waals surface area contributed by atoms with Gasteiger partial charge >= 0.3 is 0 Å². The number of hydrogen-bond donors (Lipinski definition) is 2. The monoisotopic (exact) mass is 344 g/mol. The van der Waals surface area contributed by atoms with Crippen LogP contribution in [0.4, 0.5) is 0 Å². The van der Waals surface area contributed by atoms with E-state index in [-0.39, 0.29) is 11.3 Å². The minimum absolute atomic E-state index is 0.0757. The van der Waals surface area contributed by atoms with Gasteiger partial charge in [-0.05, 0) is 42.0 Å². The van der Waals surface area contributed by atoms with E-state index < -0.39 is 5.91 Å². The molecule has 0 aliphatic heterocycles. The number of nitrogens with one attached hydrogen (secondary N) is 1. The largest absolute Gasteiger partial charge is 0.507 e. The van der Waals surface area contributed by atoms with Gasteiger partial charge in [-0.2, -0.15) is 5.10 Å². The smallest absolute Gasteiger partial charge is 0.275 e. The standard InChI is InChI=1S/C17H13ClN2O2S/c1-10(15-6-7-16(18)23-15)19-20-17(22)13-8-11-4-2-3-5-12(11)9-14(13)21/h2-9,21H,1H3,(H,20,22)/b19-10-. The SMILES string of the molecule is C/C(=N/NC(=O)c1cc2ccccc2cc1O)c1ccc(Cl)s1. The first-order valence-electron chi connectivity index (χ1n) is 6.86. The molecule has 3 rings (SSSR count). The summed E-state index contributed by atoms with van der Waals surface area (Å²) in [6.07, 6.45) is 0. The quantitative estimate of drug-likeness (QED) is 0.546. The Morgan fingerprint density at radius 3 is 2.52 bits per heavy atom. The number of nitrogens with zero attached hydrogens (tertiary/aromatic N) is 1. The third kappa shape index (κ3) is 3.36. The molecule has 6 heteroatoms. The van der Waals surface area contributed by atoms with Crippen molar-refractivity contribution < 1.29 is 9.90 Å². The third-order valence-electron chi connectivity index (χ3n) is 3.36. The summed E-state index contributed by atoms with van der Waals surface area (Å²) in [7, 11) is 0. The fourth-order valence-electron chi connectivity index (χ4n) is 2.17. The second kappa shape index (κ2) is 6.40. The van der Waals surface area contributed by atoms with E-state index in [1.165, 1.54) is 11.3 Å². The highest BCUT2D eigenvalue weighted by Crippen LogP contribution is 2.25. The summed E-state index contributed by atoms with van der Waals surface area (Å²) >= 11 is 7.26. The van der Waals surface area contributed by atoms with Crippen LogP contribution in [0, 0.1) is 0 Å². The molecule has 23 heavy (non-hydrogen) atoms. The zero-order valence-corrected chi connectivity index (χ0v) is 13.8. The minimum atomic E-state index is -0.463. The number of aromatic hydroxyl groups is 1. The lowest BCUT2D eigenvalue weighted by atomic mass is 10.1. The van der Waals surface area contributed by atoms with E-state index in [1.807, 2.05) is 30.3 Å². The summed E-state index contributed by atoms with van der Waals surface area (Å²) < 4.78 is 0.660. The van der Waals surface area contributed by atoms with Crippen LogP contribution in [0.2, 0.25) is 4.34 Å². The minimum Gasteiger partial charge on any atom is -0.507 e. The van der Waals surface area contributed by atoms with E-state index in [0.717, 1.165) is 15.6 Å². The van der Waals surface area contributed by atoms with Gasteiger partial charge in [0.25, 0.3) is 5.91 Å². The van der Waals surface area contributed by atoms with Crippen molar-refractivity contribution in [3.8, 4) is 5.75 Å². The molecule has 0 saturated carbocycles. The summed E-state index contributed by atoms with van der Waals surface area (Å²) in [4.78, 5) is 13.1. The van der Waals surface area contributed by atoms with E-state index >= 15 is 0 Å². The van der Waals surface area contributed by atoms with Crippen molar-refractivity contribution in [1.82, 2.24) is 5.43 Å². The number of hydrogen-bond acceptors (Lipinski definition) is 4. The van der Waals surface area contributed by atoms with Gasteiger partial charge in [0.15, 0.2) is 0 Å². The molecule has 0 aliphatic rings. The van der Waals surface area contributed by atoms with E-state index in [1.54, 1.807) is 25.1 Å². The van der Waals surface area contributed by atoms with Gasteiger partial charge in [-0.3, -0.25) is 4.79 Å². The van der Waals surface area contributed by atoms with Gasteiger partial charge in [0.2, 0.25) is 0 Å². The van der Waals surface area contributed by atoms with Gasteiger partial charge in [-0.1, -0.05) is 35.9 Å². The Morgan fingerprint density at radius 2 is 1.87 bits per heavy atom. The average molecular weight is 345 g/mol. The fraction of sp³-hybridized carbons (Fsp3) is 0.0588. The normalized spacial score (nSPS) is 11.7. The summed E-state index contributed by atoms with van der Waals surface area (Å²) in [6.45, 7) is 1.78. The second-order valence-electron chi connectivity index (χ2n) is 4.96. The molecule has 0 fully saturated rings. The van der Waals surface area contributed by atoms with Crippen molar-refractivity contribution in [3.05, 3.63) is 63.3 Å². The van der Waals surface area contributed by atoms with Crippen molar-refractivity contribution in [3.63, 3.8) is 0 Å². The molecule has 4 nitrogen and oxygen atoms in total. The lowest BCUT2D eigenvalue weighted by molar-refractivity contribution is 0.0952. The summed E-state index contributed by atoms with van der Waals surface area (Å²) in [5.74, 6) is -0.538. The molecule has 0 saturated heterocycles. The predicted molar refractivity (Wildman–Crippen MR) is 94.6 cm³/mol. The maximum absolute atomic E-state index is 12.2. The van der Waals surface area contributed by atoms with Crippen molar-refractivity contribution in [2.75, 3.05) is 0 Å². The molecular weight excluding hydrogens is 332 g/mol. The Hall–Kier alpha value is -2.37. The zero-order chi connectivity index (χ0) is 16.4. The Morgan fingerprint density at radius 1 is 1.17 bits per heavy atom. The highest BCUT2D eigenvalue weighted by atomic mass is 35.5. The molecule has 2 aromatic carbocycles. The van der Waals surface area contributed by atoms with Gasteiger partial charge in [0, 0.05) is 0 Å². The molecule has 1 heterocycles. The summed E-state index contributed by atoms with van der Waals surface area (Å²) in [6, 6.07) is 14.3. The second-order valence-corrected chi connectivity index (χ2v) is 6.67. The molecule has 2 N–H and O–H groups in total. The van der Waals surface area contributed by atoms with Crippen molar-refractivity contribution in [1.29, 1.82) is 0 Å². The highest BCUT2D eigenvalue weighted by Gasteiger charge is 2.12. The number of fused-ring (bicyclic) bond motifs is 1. The third-order valence-corrected chi connectivity index (χ3v) is 4.70. The molecule has 0 aliphatic carbocycles. The Kier molecular flexibility index (Phi) is 4.32. The van der Waals surface area contributed by atoms with Crippen LogP contribution in [0.15, 0.2) is 53.6 Å². The first-order valence-corrected chi connectivity index (χ1v) is 8.06. The van der Waals surface area contributed by atoms with E-state index in [4.69, 9.17) is 11.6 Å². The molecule has 0 atom stereocenters. The van der Waals surface area contributed by atoms with Crippen molar-refractivity contribution >= 4 is 45.3 Å². The Bertz CT molecular complexity index is 918. The molecular formula is C17H13ClN2O2S. The number of rotatable bonds is 3. The van der Waals surface area contributed by atoms with Gasteiger partial charge in [-0.25, -0.2) is 5.43 Å². The highest BCUT2D eigenvalue weighted by molar-refractivity contribution is 7.18. The van der Waals surface area contributed by atoms with Gasteiger partial charge < -0.3 is 5.11 Å². The lowest BCUT2D eigenvalue weighted by Crippen LogP contribution is -2.19. The maximum Gasteiger partial charge on any atom is 0.275 e. The summed E-state index contributed by atoms with van der Waals surface area (Å²) in [5.41, 5.74) is 3.30. The first-order chi connectivity index (χ1) is 11.0. The van der Waals surface area contributed by atoms with Gasteiger partial charge in [0.1, 0.15) is 5.75 Å². The number of carbonyl (C=O) groups is 1. The van der Waals surface area contributed by atoms with E-state index in [2.05, 4.69) is 10.5 Å². The van der Waals surface area contributed by atoms with Crippen LogP contribution in [-0.2, 0) is 0 Å². The topological polar surface area (TPSA) is 61.7 Å². The number of carbonyl (C=O) groups excluding carboxylic acids is 1. The van der Waals surface area contributed by atoms with Crippen LogP contribution >= 0.6 is 22.9 Å². The molecule has 3 aromatic rings. The zero-order valence-electron chi connectivity index (χ0n) is 12.2. The maximum atomic E-state index is 12.2. The van der Waals surface area contributed by atoms with Gasteiger partial charge in [-0.15, -0.1) is 11.3 Å². The van der Waals surface area contributed by atoms with Gasteiger partial charge in [0.05, 0.1) is 20.5 Å². The molecule has 0 unspecified atom stereocenters. The predicted octanol–water partition coefficient (Wildman–Crippen LogP) is 4.41. The molecule has 0 bridgehead atoms. The number of phenolic OH excluding ortho intramolecular Hbond substituents is 1. The number of amides is 1. The van der Waals surface area contributed by atoms with Crippen molar-refractivity contribution in [2.24, 2.45) is 5.10 Å². The van der Waals surface area contributed by atoms with Crippen molar-refractivity contribution in [2.45, 2.75) is 6.92 Å². The fourth-order valence-corrected chi connectivity index (χ4v) is 3.16. The van der Waals surface area contributed by atoms with Crippen LogP contribution in [0.3, 0.4) is 0 Å². The first kappa shape index (κ1) is 15.5. The summed E-state index contributed by atoms with van der Waals surface area (Å²) in [5, 5.41) is 15.8. The van der Waals surface area contributed by atoms with Crippen LogP contribution in [0.1, 0.15) is 22.2 Å². The number of benzene rings is 2. The number of halogens is 1. The van der Waals surface area contributed by atoms with E-state index in [0.29, 0.717) is 10.0 Å². The van der Waals surface area contributed by atoms with Crippen LogP contribution in [0.25, 0.3) is 10.8 Å². The van der Waals surface area contributed by atoms with Crippen LogP contribution in [0.5, 0.6) is 5.75 Å². The Balaban J connectivity index is 1.84. The van der Waals surface area contributed by atoms with Crippen LogP contribution in [-0.4, -0.2) is 16.7 Å². The number of phenols is 1. The number of hydrazone groups is 1. The van der Waals surface area contributed by atoms with Crippen LogP contribution < -0.4 is 5.43 Å². The molecule has 1 aromatic heterocycles. The molecule has 116 valence electrons.